The van der Waals surface area contributed by atoms with E-state index in [1.54, 1.807) is 6.33 Å². The Morgan fingerprint density at radius 3 is 2.67 bits per heavy atom. The average Bonchev–Trinajstić information content (AvgIpc) is 2.78. The van der Waals surface area contributed by atoms with Crippen molar-refractivity contribution in [2.45, 2.75) is 13.0 Å². The summed E-state index contributed by atoms with van der Waals surface area (Å²) in [4.78, 5) is 0. The molecule has 0 amide bonds. The Labute approximate surface area is 89.0 Å². The monoisotopic (exact) mass is 202 g/mol. The summed E-state index contributed by atoms with van der Waals surface area (Å²) in [6.07, 6.45) is 1.73. The van der Waals surface area contributed by atoms with Gasteiger partial charge >= 0.3 is 0 Å². The van der Waals surface area contributed by atoms with Crippen LogP contribution >= 0.6 is 0 Å². The van der Waals surface area contributed by atoms with E-state index in [9.17, 15) is 0 Å². The second-order valence-electron chi connectivity index (χ2n) is 3.41. The highest BCUT2D eigenvalue weighted by Gasteiger charge is 2.11. The summed E-state index contributed by atoms with van der Waals surface area (Å²) in [5.74, 6) is 0.920. The van der Waals surface area contributed by atoms with Gasteiger partial charge in [-0.1, -0.05) is 18.2 Å². The molecule has 0 saturated carbocycles. The number of hydrogen-bond donors (Lipinski definition) is 1. The molecule has 15 heavy (non-hydrogen) atoms. The molecule has 4 nitrogen and oxygen atoms in total. The number of para-hydroxylation sites is 1. The minimum Gasteiger partial charge on any atom is -0.311 e. The zero-order valence-electron chi connectivity index (χ0n) is 8.88. The topological polar surface area (TPSA) is 42.7 Å². The summed E-state index contributed by atoms with van der Waals surface area (Å²) in [6.45, 7) is 2.06. The number of nitrogens with one attached hydrogen (secondary N) is 1. The molecular weight excluding hydrogens is 188 g/mol. The van der Waals surface area contributed by atoms with E-state index in [-0.39, 0.29) is 6.04 Å². The average molecular weight is 202 g/mol. The van der Waals surface area contributed by atoms with Gasteiger partial charge in [-0.15, -0.1) is 10.2 Å². The Balaban J connectivity index is 2.41. The maximum Gasteiger partial charge on any atom is 0.154 e. The molecule has 1 aromatic carbocycles. The van der Waals surface area contributed by atoms with Crippen molar-refractivity contribution < 1.29 is 0 Å². The van der Waals surface area contributed by atoms with Gasteiger partial charge in [0.15, 0.2) is 5.82 Å². The molecule has 4 heteroatoms. The lowest BCUT2D eigenvalue weighted by molar-refractivity contribution is 0.598. The molecule has 2 rings (SSSR count). The van der Waals surface area contributed by atoms with Crippen LogP contribution in [0.4, 0.5) is 0 Å². The third-order valence-corrected chi connectivity index (χ3v) is 2.43. The molecule has 1 N–H and O–H groups in total. The van der Waals surface area contributed by atoms with Crippen LogP contribution in [0.15, 0.2) is 36.7 Å². The lowest BCUT2D eigenvalue weighted by Gasteiger charge is -2.11. The van der Waals surface area contributed by atoms with Gasteiger partial charge < -0.3 is 5.32 Å². The van der Waals surface area contributed by atoms with E-state index in [1.165, 1.54) is 0 Å². The van der Waals surface area contributed by atoms with Crippen molar-refractivity contribution in [2.24, 2.45) is 0 Å². The van der Waals surface area contributed by atoms with Crippen molar-refractivity contribution in [3.63, 3.8) is 0 Å². The van der Waals surface area contributed by atoms with Crippen LogP contribution in [0.1, 0.15) is 18.8 Å². The Kier molecular flexibility index (Phi) is 2.78. The van der Waals surface area contributed by atoms with Gasteiger partial charge in [0, 0.05) is 5.69 Å². The van der Waals surface area contributed by atoms with Crippen LogP contribution in [0.5, 0.6) is 0 Å². The second-order valence-corrected chi connectivity index (χ2v) is 3.41. The van der Waals surface area contributed by atoms with Crippen LogP contribution in [0.25, 0.3) is 5.69 Å². The molecule has 0 bridgehead atoms. The maximum atomic E-state index is 4.11. The van der Waals surface area contributed by atoms with Gasteiger partial charge in [-0.3, -0.25) is 4.57 Å². The van der Waals surface area contributed by atoms with E-state index in [0.29, 0.717) is 0 Å². The van der Waals surface area contributed by atoms with Crippen molar-refractivity contribution >= 4 is 0 Å². The van der Waals surface area contributed by atoms with Gasteiger partial charge in [0.05, 0.1) is 6.04 Å². The van der Waals surface area contributed by atoms with Crippen LogP contribution in [-0.4, -0.2) is 21.8 Å². The predicted molar refractivity (Wildman–Crippen MR) is 58.8 cm³/mol. The Morgan fingerprint density at radius 1 is 1.27 bits per heavy atom. The molecule has 1 unspecified atom stereocenters. The third kappa shape index (κ3) is 1.89. The van der Waals surface area contributed by atoms with Crippen molar-refractivity contribution in [1.82, 2.24) is 20.1 Å². The summed E-state index contributed by atoms with van der Waals surface area (Å²) in [6, 6.07) is 10.3. The smallest absolute Gasteiger partial charge is 0.154 e. The minimum absolute atomic E-state index is 0.188. The first kappa shape index (κ1) is 9.86. The first-order valence-electron chi connectivity index (χ1n) is 4.95. The van der Waals surface area contributed by atoms with Crippen LogP contribution in [-0.2, 0) is 0 Å². The Morgan fingerprint density at radius 2 is 2.00 bits per heavy atom. The fourth-order valence-electron chi connectivity index (χ4n) is 1.46. The van der Waals surface area contributed by atoms with Gasteiger partial charge in [0.25, 0.3) is 0 Å². The highest BCUT2D eigenvalue weighted by atomic mass is 15.3. The number of nitrogens with zero attached hydrogens (tertiary/aromatic N) is 3. The predicted octanol–water partition coefficient (Wildman–Crippen LogP) is 1.55. The molecular formula is C11H14N4. The highest BCUT2D eigenvalue weighted by molar-refractivity contribution is 5.32. The van der Waals surface area contributed by atoms with Crippen LogP contribution < -0.4 is 5.32 Å². The molecule has 0 radical (unpaired) electrons. The Hall–Kier alpha value is -1.68. The lowest BCUT2D eigenvalue weighted by Crippen LogP contribution is -2.17. The molecule has 1 aromatic heterocycles. The molecule has 0 aliphatic rings. The molecule has 0 spiro atoms. The summed E-state index contributed by atoms with van der Waals surface area (Å²) in [7, 11) is 1.91. The van der Waals surface area contributed by atoms with E-state index < -0.39 is 0 Å². The van der Waals surface area contributed by atoms with Crippen molar-refractivity contribution in [1.29, 1.82) is 0 Å². The van der Waals surface area contributed by atoms with Crippen LogP contribution in [0.2, 0.25) is 0 Å². The molecule has 1 atom stereocenters. The maximum absolute atomic E-state index is 4.11. The largest absolute Gasteiger partial charge is 0.311 e. The summed E-state index contributed by atoms with van der Waals surface area (Å²) in [5.41, 5.74) is 1.08. The van der Waals surface area contributed by atoms with Gasteiger partial charge in [0.2, 0.25) is 0 Å². The van der Waals surface area contributed by atoms with E-state index in [2.05, 4.69) is 22.4 Å². The van der Waals surface area contributed by atoms with Gasteiger partial charge in [-0.2, -0.15) is 0 Å². The van der Waals surface area contributed by atoms with Crippen molar-refractivity contribution in [3.05, 3.63) is 42.5 Å². The summed E-state index contributed by atoms with van der Waals surface area (Å²) >= 11 is 0. The fourth-order valence-corrected chi connectivity index (χ4v) is 1.46. The van der Waals surface area contributed by atoms with Crippen LogP contribution in [0, 0.1) is 0 Å². The molecule has 0 saturated heterocycles. The molecule has 2 aromatic rings. The SMILES string of the molecule is CNC(C)c1nncn1-c1ccccc1. The molecule has 0 aliphatic heterocycles. The van der Waals surface area contributed by atoms with Crippen molar-refractivity contribution in [3.8, 4) is 5.69 Å². The number of rotatable bonds is 3. The molecule has 0 fully saturated rings. The summed E-state index contributed by atoms with van der Waals surface area (Å²) in [5, 5.41) is 11.2. The van der Waals surface area contributed by atoms with Crippen LogP contribution in [0.3, 0.4) is 0 Å². The van der Waals surface area contributed by atoms with E-state index in [4.69, 9.17) is 0 Å². The third-order valence-electron chi connectivity index (χ3n) is 2.43. The van der Waals surface area contributed by atoms with Gasteiger partial charge in [0.1, 0.15) is 6.33 Å². The minimum atomic E-state index is 0.188. The standard InChI is InChI=1S/C11H14N4/c1-9(12-2)11-14-13-8-15(11)10-6-4-3-5-7-10/h3-9,12H,1-2H3. The molecule has 0 aliphatic carbocycles. The second kappa shape index (κ2) is 4.23. The number of aromatic nitrogens is 3. The molecule has 1 heterocycles. The van der Waals surface area contributed by atoms with E-state index in [0.717, 1.165) is 11.5 Å². The lowest BCUT2D eigenvalue weighted by atomic mass is 10.3. The normalized spacial score (nSPS) is 12.7. The first-order chi connectivity index (χ1) is 7.33. The van der Waals surface area contributed by atoms with Gasteiger partial charge in [-0.25, -0.2) is 0 Å². The van der Waals surface area contributed by atoms with E-state index in [1.807, 2.05) is 41.9 Å². The Bertz CT molecular complexity index is 421. The van der Waals surface area contributed by atoms with E-state index >= 15 is 0 Å². The quantitative estimate of drug-likeness (QED) is 0.821. The molecule has 78 valence electrons. The zero-order valence-corrected chi connectivity index (χ0v) is 8.88. The fraction of sp³-hybridized carbons (Fsp3) is 0.273. The number of hydrogen-bond acceptors (Lipinski definition) is 3. The number of benzene rings is 1. The summed E-state index contributed by atoms with van der Waals surface area (Å²) < 4.78 is 1.99. The van der Waals surface area contributed by atoms with Gasteiger partial charge in [-0.05, 0) is 26.1 Å². The highest BCUT2D eigenvalue weighted by Crippen LogP contribution is 2.14. The van der Waals surface area contributed by atoms with Crippen molar-refractivity contribution in [2.75, 3.05) is 7.05 Å². The first-order valence-corrected chi connectivity index (χ1v) is 4.95. The zero-order chi connectivity index (χ0) is 10.7.